The Morgan fingerprint density at radius 1 is 1.03 bits per heavy atom. The molecule has 1 amide bonds. The van der Waals surface area contributed by atoms with E-state index in [1.165, 1.54) is 28.1 Å². The number of carbonyl (C=O) groups excluding carboxylic acids is 1. The van der Waals surface area contributed by atoms with Crippen LogP contribution in [0.25, 0.3) is 0 Å². The van der Waals surface area contributed by atoms with E-state index in [9.17, 15) is 13.2 Å². The van der Waals surface area contributed by atoms with Crippen molar-refractivity contribution in [1.29, 1.82) is 0 Å². The summed E-state index contributed by atoms with van der Waals surface area (Å²) in [6, 6.07) is 6.64. The Bertz CT molecular complexity index is 1000. The molecule has 1 N–H and O–H groups in total. The zero-order valence-corrected chi connectivity index (χ0v) is 19.7. The standard InChI is InChI=1S/C21H27ClN4O3S2/c22-19-4-3-18(31(28,29)26-6-1-2-7-26)13-20(19)23-21(27)15-25-10-8-24(9-11-25)14-17-5-12-30-16-17/h3-5,12-13,16H,1-2,6-11,14-15H2,(H,23,27). The molecule has 0 unspecified atom stereocenters. The first-order valence-corrected chi connectivity index (χ1v) is 13.2. The molecule has 10 heteroatoms. The van der Waals surface area contributed by atoms with Crippen LogP contribution in [0.4, 0.5) is 5.69 Å². The lowest BCUT2D eigenvalue weighted by molar-refractivity contribution is -0.117. The van der Waals surface area contributed by atoms with Crippen molar-refractivity contribution in [2.24, 2.45) is 0 Å². The van der Waals surface area contributed by atoms with E-state index in [1.807, 2.05) is 0 Å². The SMILES string of the molecule is O=C(CN1CCN(Cc2ccsc2)CC1)Nc1cc(S(=O)(=O)N2CCCC2)ccc1Cl. The van der Waals surface area contributed by atoms with E-state index in [-0.39, 0.29) is 17.3 Å². The second-order valence-electron chi connectivity index (χ2n) is 7.98. The highest BCUT2D eigenvalue weighted by molar-refractivity contribution is 7.89. The molecule has 2 aliphatic rings. The topological polar surface area (TPSA) is 73.0 Å². The lowest BCUT2D eigenvalue weighted by Crippen LogP contribution is -2.48. The molecule has 0 atom stereocenters. The van der Waals surface area contributed by atoms with Crippen molar-refractivity contribution in [2.75, 3.05) is 51.1 Å². The van der Waals surface area contributed by atoms with Gasteiger partial charge in [-0.1, -0.05) is 11.6 Å². The number of halogens is 1. The summed E-state index contributed by atoms with van der Waals surface area (Å²) in [7, 11) is -3.56. The Labute approximate surface area is 192 Å². The molecule has 2 fully saturated rings. The molecule has 7 nitrogen and oxygen atoms in total. The minimum Gasteiger partial charge on any atom is -0.324 e. The Kier molecular flexibility index (Phi) is 7.30. The molecule has 1 aromatic heterocycles. The summed E-state index contributed by atoms with van der Waals surface area (Å²) in [5.74, 6) is -0.191. The Balaban J connectivity index is 1.32. The van der Waals surface area contributed by atoms with Crippen LogP contribution in [0.3, 0.4) is 0 Å². The van der Waals surface area contributed by atoms with E-state index in [1.54, 1.807) is 11.3 Å². The number of amides is 1. The number of hydrogen-bond donors (Lipinski definition) is 1. The predicted molar refractivity (Wildman–Crippen MR) is 124 cm³/mol. The maximum atomic E-state index is 12.8. The summed E-state index contributed by atoms with van der Waals surface area (Å²) in [6.45, 7) is 5.71. The highest BCUT2D eigenvalue weighted by Crippen LogP contribution is 2.28. The van der Waals surface area contributed by atoms with E-state index in [0.717, 1.165) is 45.6 Å². The number of sulfonamides is 1. The molecule has 0 bridgehead atoms. The van der Waals surface area contributed by atoms with E-state index >= 15 is 0 Å². The molecule has 31 heavy (non-hydrogen) atoms. The van der Waals surface area contributed by atoms with Crippen molar-refractivity contribution in [3.05, 3.63) is 45.6 Å². The fraction of sp³-hybridized carbons (Fsp3) is 0.476. The molecule has 2 aliphatic heterocycles. The third-order valence-electron chi connectivity index (χ3n) is 5.73. The first-order chi connectivity index (χ1) is 14.9. The molecule has 0 radical (unpaired) electrons. The van der Waals surface area contributed by atoms with Gasteiger partial charge in [0.25, 0.3) is 0 Å². The Morgan fingerprint density at radius 3 is 2.42 bits per heavy atom. The number of anilines is 1. The number of carbonyl (C=O) groups is 1. The lowest BCUT2D eigenvalue weighted by atomic mass is 10.2. The highest BCUT2D eigenvalue weighted by atomic mass is 35.5. The summed E-state index contributed by atoms with van der Waals surface area (Å²) < 4.78 is 27.1. The number of piperazine rings is 1. The van der Waals surface area contributed by atoms with Crippen molar-refractivity contribution >= 4 is 44.6 Å². The van der Waals surface area contributed by atoms with E-state index in [4.69, 9.17) is 11.6 Å². The molecule has 2 aromatic rings. The normalized spacial score (nSPS) is 19.0. The van der Waals surface area contributed by atoms with Gasteiger partial charge in [0.1, 0.15) is 0 Å². The predicted octanol–water partition coefficient (Wildman–Crippen LogP) is 2.94. The monoisotopic (exact) mass is 482 g/mol. The van der Waals surface area contributed by atoms with Crippen LogP contribution in [0.1, 0.15) is 18.4 Å². The van der Waals surface area contributed by atoms with Crippen LogP contribution in [0.5, 0.6) is 0 Å². The van der Waals surface area contributed by atoms with Gasteiger partial charge in [0.2, 0.25) is 15.9 Å². The van der Waals surface area contributed by atoms with Gasteiger partial charge in [0.15, 0.2) is 0 Å². The number of rotatable bonds is 7. The first-order valence-electron chi connectivity index (χ1n) is 10.5. The molecule has 0 saturated carbocycles. The zero-order chi connectivity index (χ0) is 21.8. The van der Waals surface area contributed by atoms with Crippen molar-refractivity contribution in [2.45, 2.75) is 24.3 Å². The third-order valence-corrected chi connectivity index (χ3v) is 8.69. The van der Waals surface area contributed by atoms with Gasteiger partial charge in [-0.2, -0.15) is 15.6 Å². The van der Waals surface area contributed by atoms with Gasteiger partial charge in [-0.15, -0.1) is 0 Å². The number of nitrogens with zero attached hydrogens (tertiary/aromatic N) is 3. The molecule has 168 valence electrons. The van der Waals surface area contributed by atoms with Crippen LogP contribution in [0.2, 0.25) is 5.02 Å². The number of nitrogens with one attached hydrogen (secondary N) is 1. The molecular formula is C21H27ClN4O3S2. The van der Waals surface area contributed by atoms with Gasteiger partial charge in [-0.3, -0.25) is 14.6 Å². The van der Waals surface area contributed by atoms with E-state index in [0.29, 0.717) is 23.8 Å². The quantitative estimate of drug-likeness (QED) is 0.656. The fourth-order valence-electron chi connectivity index (χ4n) is 3.98. The first kappa shape index (κ1) is 22.7. The molecule has 4 rings (SSSR count). The van der Waals surface area contributed by atoms with Crippen LogP contribution in [0.15, 0.2) is 39.9 Å². The Hall–Kier alpha value is -1.49. The van der Waals surface area contributed by atoms with Gasteiger partial charge in [0, 0.05) is 45.8 Å². The number of benzene rings is 1. The van der Waals surface area contributed by atoms with Crippen molar-refractivity contribution in [1.82, 2.24) is 14.1 Å². The summed E-state index contributed by atoms with van der Waals surface area (Å²) in [5.41, 5.74) is 1.66. The number of hydrogen-bond acceptors (Lipinski definition) is 6. The smallest absolute Gasteiger partial charge is 0.243 e. The second kappa shape index (κ2) is 9.97. The van der Waals surface area contributed by atoms with Gasteiger partial charge in [-0.25, -0.2) is 8.42 Å². The largest absolute Gasteiger partial charge is 0.324 e. The summed E-state index contributed by atoms with van der Waals surface area (Å²) in [6.07, 6.45) is 1.74. The summed E-state index contributed by atoms with van der Waals surface area (Å²) in [4.78, 5) is 17.3. The van der Waals surface area contributed by atoms with Gasteiger partial charge < -0.3 is 5.32 Å². The summed E-state index contributed by atoms with van der Waals surface area (Å²) >= 11 is 7.94. The zero-order valence-electron chi connectivity index (χ0n) is 17.3. The van der Waals surface area contributed by atoms with Gasteiger partial charge >= 0.3 is 0 Å². The maximum Gasteiger partial charge on any atom is 0.243 e. The van der Waals surface area contributed by atoms with Crippen molar-refractivity contribution in [3.63, 3.8) is 0 Å². The maximum absolute atomic E-state index is 12.8. The fourth-order valence-corrected chi connectivity index (χ4v) is 6.35. The minimum absolute atomic E-state index is 0.163. The molecule has 2 saturated heterocycles. The van der Waals surface area contributed by atoms with E-state index in [2.05, 4.69) is 31.9 Å². The minimum atomic E-state index is -3.56. The van der Waals surface area contributed by atoms with Crippen LogP contribution >= 0.6 is 22.9 Å². The van der Waals surface area contributed by atoms with Gasteiger partial charge in [-0.05, 0) is 53.4 Å². The average molecular weight is 483 g/mol. The highest BCUT2D eigenvalue weighted by Gasteiger charge is 2.28. The van der Waals surface area contributed by atoms with Crippen LogP contribution in [-0.2, 0) is 21.4 Å². The average Bonchev–Trinajstić information content (AvgIpc) is 3.45. The molecule has 1 aromatic carbocycles. The molecule has 3 heterocycles. The summed E-state index contributed by atoms with van der Waals surface area (Å²) in [5, 5.41) is 7.39. The third kappa shape index (κ3) is 5.66. The van der Waals surface area contributed by atoms with Crippen molar-refractivity contribution in [3.8, 4) is 0 Å². The number of thiophene rings is 1. The van der Waals surface area contributed by atoms with E-state index < -0.39 is 10.0 Å². The van der Waals surface area contributed by atoms with Crippen LogP contribution in [0, 0.1) is 0 Å². The molecule has 0 spiro atoms. The lowest BCUT2D eigenvalue weighted by Gasteiger charge is -2.34. The van der Waals surface area contributed by atoms with Crippen LogP contribution < -0.4 is 5.32 Å². The van der Waals surface area contributed by atoms with Gasteiger partial charge in [0.05, 0.1) is 22.2 Å². The van der Waals surface area contributed by atoms with Crippen LogP contribution in [-0.4, -0.2) is 74.2 Å². The Morgan fingerprint density at radius 2 is 1.74 bits per heavy atom. The van der Waals surface area contributed by atoms with Crippen molar-refractivity contribution < 1.29 is 13.2 Å². The molecule has 0 aliphatic carbocycles. The second-order valence-corrected chi connectivity index (χ2v) is 11.1. The molecular weight excluding hydrogens is 456 g/mol.